The van der Waals surface area contributed by atoms with Crippen LogP contribution in [0.25, 0.3) is 0 Å². The van der Waals surface area contributed by atoms with Crippen molar-refractivity contribution in [2.24, 2.45) is 0 Å². The van der Waals surface area contributed by atoms with Crippen LogP contribution in [0.15, 0.2) is 45.8 Å². The van der Waals surface area contributed by atoms with Crippen molar-refractivity contribution in [1.82, 2.24) is 4.31 Å². The molecule has 2 aromatic rings. The van der Waals surface area contributed by atoms with E-state index in [9.17, 15) is 17.6 Å². The average Bonchev–Trinajstić information content (AvgIpc) is 2.68. The highest BCUT2D eigenvalue weighted by Crippen LogP contribution is 2.30. The minimum absolute atomic E-state index is 0.0680. The van der Waals surface area contributed by atoms with E-state index in [0.717, 1.165) is 35.9 Å². The van der Waals surface area contributed by atoms with Gasteiger partial charge in [0, 0.05) is 30.2 Å². The summed E-state index contributed by atoms with van der Waals surface area (Å²) in [6, 6.07) is 8.45. The molecular formula is C19H19BrClFN2O3S. The van der Waals surface area contributed by atoms with Gasteiger partial charge in [-0.1, -0.05) is 34.0 Å². The Hall–Kier alpha value is -1.48. The number of anilines is 1. The quantitative estimate of drug-likeness (QED) is 0.626. The molecule has 1 heterocycles. The number of sulfonamides is 1. The lowest BCUT2D eigenvalue weighted by Crippen LogP contribution is -2.36. The number of piperidine rings is 1. The minimum Gasteiger partial charge on any atom is -0.310 e. The van der Waals surface area contributed by atoms with Crippen LogP contribution in [0.5, 0.6) is 0 Å². The second-order valence-corrected chi connectivity index (χ2v) is 9.80. The first kappa shape index (κ1) is 21.2. The van der Waals surface area contributed by atoms with Crippen LogP contribution < -0.4 is 4.90 Å². The zero-order valence-electron chi connectivity index (χ0n) is 15.2. The van der Waals surface area contributed by atoms with Crippen molar-refractivity contribution in [2.45, 2.75) is 24.2 Å². The third-order valence-corrected chi connectivity index (χ3v) is 7.40. The highest BCUT2D eigenvalue weighted by atomic mass is 79.9. The zero-order chi connectivity index (χ0) is 20.5. The summed E-state index contributed by atoms with van der Waals surface area (Å²) in [7, 11) is -2.47. The van der Waals surface area contributed by atoms with Crippen molar-refractivity contribution in [2.75, 3.05) is 25.0 Å². The van der Waals surface area contributed by atoms with Gasteiger partial charge in [0.15, 0.2) is 0 Å². The van der Waals surface area contributed by atoms with Gasteiger partial charge in [-0.15, -0.1) is 0 Å². The molecule has 1 fully saturated rings. The van der Waals surface area contributed by atoms with E-state index in [1.54, 1.807) is 18.2 Å². The molecule has 150 valence electrons. The summed E-state index contributed by atoms with van der Waals surface area (Å²) >= 11 is 9.50. The predicted octanol–water partition coefficient (Wildman–Crippen LogP) is 4.69. The Morgan fingerprint density at radius 2 is 1.82 bits per heavy atom. The lowest BCUT2D eigenvalue weighted by Gasteiger charge is -2.26. The summed E-state index contributed by atoms with van der Waals surface area (Å²) in [6.45, 7) is 0.711. The molecule has 0 unspecified atom stereocenters. The van der Waals surface area contributed by atoms with Gasteiger partial charge < -0.3 is 4.90 Å². The van der Waals surface area contributed by atoms with E-state index in [1.807, 2.05) is 0 Å². The van der Waals surface area contributed by atoms with Gasteiger partial charge >= 0.3 is 0 Å². The molecule has 9 heteroatoms. The number of carbonyl (C=O) groups excluding carboxylic acids is 1. The second kappa shape index (κ2) is 8.49. The molecule has 2 aromatic carbocycles. The maximum atomic E-state index is 14.4. The first-order valence-corrected chi connectivity index (χ1v) is 11.4. The Balaban J connectivity index is 1.95. The van der Waals surface area contributed by atoms with Crippen molar-refractivity contribution in [1.29, 1.82) is 0 Å². The van der Waals surface area contributed by atoms with Crippen molar-refractivity contribution in [3.8, 4) is 0 Å². The van der Waals surface area contributed by atoms with Gasteiger partial charge in [-0.2, -0.15) is 4.31 Å². The maximum Gasteiger partial charge on any atom is 0.258 e. The fraction of sp³-hybridized carbons (Fsp3) is 0.316. The normalized spacial score (nSPS) is 15.4. The Labute approximate surface area is 177 Å². The van der Waals surface area contributed by atoms with Crippen molar-refractivity contribution in [3.05, 3.63) is 57.3 Å². The van der Waals surface area contributed by atoms with Crippen LogP contribution in [0, 0.1) is 5.82 Å². The molecule has 0 aromatic heterocycles. The summed E-state index contributed by atoms with van der Waals surface area (Å²) in [5, 5.41) is 0.355. The van der Waals surface area contributed by atoms with Crippen LogP contribution in [0.2, 0.25) is 5.02 Å². The molecule has 0 aliphatic carbocycles. The van der Waals surface area contributed by atoms with Crippen molar-refractivity contribution >= 4 is 49.1 Å². The Kier molecular flexibility index (Phi) is 6.44. The Morgan fingerprint density at radius 1 is 1.14 bits per heavy atom. The van der Waals surface area contributed by atoms with E-state index in [1.165, 1.54) is 22.3 Å². The fourth-order valence-electron chi connectivity index (χ4n) is 3.13. The second-order valence-electron chi connectivity index (χ2n) is 6.57. The van der Waals surface area contributed by atoms with Crippen LogP contribution in [0.1, 0.15) is 29.6 Å². The molecule has 0 radical (unpaired) electrons. The van der Waals surface area contributed by atoms with E-state index < -0.39 is 26.6 Å². The molecule has 0 N–H and O–H groups in total. The number of hydrogen-bond donors (Lipinski definition) is 0. The van der Waals surface area contributed by atoms with Crippen molar-refractivity contribution < 1.29 is 17.6 Å². The summed E-state index contributed by atoms with van der Waals surface area (Å²) in [5.74, 6) is -1.36. The topological polar surface area (TPSA) is 57.7 Å². The van der Waals surface area contributed by atoms with Gasteiger partial charge in [0.25, 0.3) is 5.91 Å². The summed E-state index contributed by atoms with van der Waals surface area (Å²) < 4.78 is 42.1. The third-order valence-electron chi connectivity index (χ3n) is 4.69. The van der Waals surface area contributed by atoms with Gasteiger partial charge in [0.05, 0.1) is 10.7 Å². The van der Waals surface area contributed by atoms with Gasteiger partial charge in [-0.05, 0) is 49.2 Å². The predicted molar refractivity (Wildman–Crippen MR) is 111 cm³/mol. The number of amides is 1. The van der Waals surface area contributed by atoms with Gasteiger partial charge in [0.1, 0.15) is 10.7 Å². The lowest BCUT2D eigenvalue weighted by atomic mass is 10.2. The minimum atomic E-state index is -4.00. The van der Waals surface area contributed by atoms with Gasteiger partial charge in [-0.3, -0.25) is 4.79 Å². The first-order chi connectivity index (χ1) is 13.2. The molecule has 0 saturated carbocycles. The molecule has 3 rings (SSSR count). The van der Waals surface area contributed by atoms with Crippen molar-refractivity contribution in [3.63, 3.8) is 0 Å². The largest absolute Gasteiger partial charge is 0.310 e. The number of benzene rings is 2. The maximum absolute atomic E-state index is 14.4. The summed E-state index contributed by atoms with van der Waals surface area (Å²) in [5.41, 5.74) is 0.526. The average molecular weight is 490 g/mol. The molecule has 1 amide bonds. The third kappa shape index (κ3) is 4.25. The molecule has 1 aliphatic heterocycles. The highest BCUT2D eigenvalue weighted by molar-refractivity contribution is 9.10. The van der Waals surface area contributed by atoms with E-state index in [4.69, 9.17) is 11.6 Å². The summed E-state index contributed by atoms with van der Waals surface area (Å²) in [6.07, 6.45) is 2.43. The number of halogens is 3. The molecule has 0 atom stereocenters. The van der Waals surface area contributed by atoms with Crippen LogP contribution >= 0.6 is 27.5 Å². The molecule has 1 saturated heterocycles. The van der Waals surface area contributed by atoms with Gasteiger partial charge in [0.2, 0.25) is 10.0 Å². The number of rotatable bonds is 4. The van der Waals surface area contributed by atoms with E-state index >= 15 is 0 Å². The molecule has 0 spiro atoms. The number of carbonyl (C=O) groups is 1. The van der Waals surface area contributed by atoms with E-state index in [2.05, 4.69) is 15.9 Å². The smallest absolute Gasteiger partial charge is 0.258 e. The van der Waals surface area contributed by atoms with Gasteiger partial charge in [-0.25, -0.2) is 12.8 Å². The van der Waals surface area contributed by atoms with Crippen LogP contribution in [-0.4, -0.2) is 38.8 Å². The number of hydrogen-bond acceptors (Lipinski definition) is 3. The number of nitrogens with zero attached hydrogens (tertiary/aromatic N) is 2. The summed E-state index contributed by atoms with van der Waals surface area (Å²) in [4.78, 5) is 13.7. The SMILES string of the molecule is CN(C(=O)c1ccc(F)c(S(=O)(=O)N2CCCCC2)c1)c1ccc(Br)cc1Cl. The molecular weight excluding hydrogens is 471 g/mol. The van der Waals surface area contributed by atoms with E-state index in [-0.39, 0.29) is 5.56 Å². The monoisotopic (exact) mass is 488 g/mol. The fourth-order valence-corrected chi connectivity index (χ4v) is 5.54. The molecule has 0 bridgehead atoms. The molecule has 5 nitrogen and oxygen atoms in total. The molecule has 28 heavy (non-hydrogen) atoms. The molecule has 1 aliphatic rings. The zero-order valence-corrected chi connectivity index (χ0v) is 18.3. The Bertz CT molecular complexity index is 1010. The van der Waals surface area contributed by atoms with Crippen LogP contribution in [-0.2, 0) is 10.0 Å². The highest BCUT2D eigenvalue weighted by Gasteiger charge is 2.30. The van der Waals surface area contributed by atoms with Crippen LogP contribution in [0.4, 0.5) is 10.1 Å². The lowest BCUT2D eigenvalue weighted by molar-refractivity contribution is 0.0992. The van der Waals surface area contributed by atoms with Crippen LogP contribution in [0.3, 0.4) is 0 Å². The standard InChI is InChI=1S/C19H19BrClFN2O3S/c1-23(17-8-6-14(20)12-15(17)21)19(25)13-5-7-16(22)18(11-13)28(26,27)24-9-3-2-4-10-24/h5-8,11-12H,2-4,9-10H2,1H3. The van der Waals surface area contributed by atoms with E-state index in [0.29, 0.717) is 23.8 Å². The Morgan fingerprint density at radius 3 is 2.46 bits per heavy atom. The first-order valence-electron chi connectivity index (χ1n) is 8.74.